The fourth-order valence-electron chi connectivity index (χ4n) is 3.25. The Morgan fingerprint density at radius 2 is 1.48 bits per heavy atom. The molecular formula is C22H27NO5S. The molecule has 1 heterocycles. The number of rotatable bonds is 7. The van der Waals surface area contributed by atoms with Gasteiger partial charge < -0.3 is 9.47 Å². The van der Waals surface area contributed by atoms with E-state index in [4.69, 9.17) is 9.47 Å². The SMILES string of the molecule is Cc1ccc(OCCOC(=O)C2CCN(S(=O)(=O)c3ccc(C)cc3)CC2)cc1. The molecule has 0 saturated carbocycles. The number of piperidine rings is 1. The summed E-state index contributed by atoms with van der Waals surface area (Å²) < 4.78 is 37.8. The summed E-state index contributed by atoms with van der Waals surface area (Å²) in [7, 11) is -3.52. The minimum atomic E-state index is -3.52. The molecule has 156 valence electrons. The van der Waals surface area contributed by atoms with Crippen LogP contribution in [-0.2, 0) is 19.6 Å². The second-order valence-electron chi connectivity index (χ2n) is 7.32. The maximum absolute atomic E-state index is 12.7. The number of esters is 1. The van der Waals surface area contributed by atoms with Crippen molar-refractivity contribution in [1.82, 2.24) is 4.31 Å². The van der Waals surface area contributed by atoms with E-state index >= 15 is 0 Å². The van der Waals surface area contributed by atoms with E-state index in [1.165, 1.54) is 4.31 Å². The maximum atomic E-state index is 12.7. The Hall–Kier alpha value is -2.38. The first-order chi connectivity index (χ1) is 13.9. The van der Waals surface area contributed by atoms with Crippen LogP contribution in [0.25, 0.3) is 0 Å². The first-order valence-electron chi connectivity index (χ1n) is 9.79. The Morgan fingerprint density at radius 3 is 2.07 bits per heavy atom. The number of sulfonamides is 1. The molecule has 0 unspecified atom stereocenters. The van der Waals surface area contributed by atoms with Gasteiger partial charge in [0.1, 0.15) is 19.0 Å². The van der Waals surface area contributed by atoms with Crippen molar-refractivity contribution in [2.24, 2.45) is 5.92 Å². The van der Waals surface area contributed by atoms with Crippen LogP contribution < -0.4 is 4.74 Å². The molecule has 0 aliphatic carbocycles. The predicted molar refractivity (Wildman–Crippen MR) is 110 cm³/mol. The lowest BCUT2D eigenvalue weighted by Gasteiger charge is -2.30. The van der Waals surface area contributed by atoms with Crippen LogP contribution in [0.1, 0.15) is 24.0 Å². The Labute approximate surface area is 172 Å². The molecular weight excluding hydrogens is 390 g/mol. The summed E-state index contributed by atoms with van der Waals surface area (Å²) in [5.41, 5.74) is 2.16. The van der Waals surface area contributed by atoms with E-state index in [0.717, 1.165) is 16.9 Å². The highest BCUT2D eigenvalue weighted by Gasteiger charge is 2.32. The lowest BCUT2D eigenvalue weighted by Crippen LogP contribution is -2.40. The van der Waals surface area contributed by atoms with E-state index in [9.17, 15) is 13.2 Å². The molecule has 0 aromatic heterocycles. The van der Waals surface area contributed by atoms with E-state index in [1.54, 1.807) is 24.3 Å². The largest absolute Gasteiger partial charge is 0.490 e. The van der Waals surface area contributed by atoms with Crippen LogP contribution in [0.5, 0.6) is 5.75 Å². The maximum Gasteiger partial charge on any atom is 0.309 e. The fourth-order valence-corrected chi connectivity index (χ4v) is 4.71. The van der Waals surface area contributed by atoms with Crippen LogP contribution in [-0.4, -0.2) is 45.0 Å². The van der Waals surface area contributed by atoms with Gasteiger partial charge in [0.25, 0.3) is 0 Å². The summed E-state index contributed by atoms with van der Waals surface area (Å²) in [6, 6.07) is 14.5. The minimum absolute atomic E-state index is 0.175. The zero-order chi connectivity index (χ0) is 20.9. The van der Waals surface area contributed by atoms with Crippen molar-refractivity contribution >= 4 is 16.0 Å². The summed E-state index contributed by atoms with van der Waals surface area (Å²) >= 11 is 0. The number of carbonyl (C=O) groups excluding carboxylic acids is 1. The molecule has 0 radical (unpaired) electrons. The summed E-state index contributed by atoms with van der Waals surface area (Å²) in [5.74, 6) is 0.171. The summed E-state index contributed by atoms with van der Waals surface area (Å²) in [5, 5.41) is 0. The highest BCUT2D eigenvalue weighted by atomic mass is 32.2. The standard InChI is InChI=1S/C22H27NO5S/c1-17-3-7-20(8-4-17)27-15-16-28-22(24)19-11-13-23(14-12-19)29(25,26)21-9-5-18(2)6-10-21/h3-10,19H,11-16H2,1-2H3. The van der Waals surface area contributed by atoms with Crippen molar-refractivity contribution in [3.8, 4) is 5.75 Å². The molecule has 29 heavy (non-hydrogen) atoms. The van der Waals surface area contributed by atoms with Gasteiger partial charge >= 0.3 is 5.97 Å². The number of hydrogen-bond acceptors (Lipinski definition) is 5. The number of carbonyl (C=O) groups is 1. The van der Waals surface area contributed by atoms with Gasteiger partial charge in [-0.15, -0.1) is 0 Å². The van der Waals surface area contributed by atoms with Crippen molar-refractivity contribution in [1.29, 1.82) is 0 Å². The molecule has 1 aliphatic rings. The first kappa shape index (κ1) is 21.3. The van der Waals surface area contributed by atoms with Crippen molar-refractivity contribution in [3.63, 3.8) is 0 Å². The molecule has 0 atom stereocenters. The predicted octanol–water partition coefficient (Wildman–Crippen LogP) is 3.33. The molecule has 2 aromatic carbocycles. The van der Waals surface area contributed by atoms with E-state index in [0.29, 0.717) is 25.9 Å². The van der Waals surface area contributed by atoms with Crippen LogP contribution in [0, 0.1) is 19.8 Å². The molecule has 1 aliphatic heterocycles. The van der Waals surface area contributed by atoms with Crippen LogP contribution in [0.2, 0.25) is 0 Å². The first-order valence-corrected chi connectivity index (χ1v) is 11.2. The van der Waals surface area contributed by atoms with Crippen molar-refractivity contribution in [2.45, 2.75) is 31.6 Å². The van der Waals surface area contributed by atoms with Gasteiger partial charge in [0, 0.05) is 13.1 Å². The summed E-state index contributed by atoms with van der Waals surface area (Å²) in [6.07, 6.45) is 0.922. The van der Waals surface area contributed by atoms with Crippen LogP contribution in [0.3, 0.4) is 0 Å². The Kier molecular flexibility index (Phi) is 6.92. The molecule has 2 aromatic rings. The van der Waals surface area contributed by atoms with Gasteiger partial charge in [-0.1, -0.05) is 35.4 Å². The monoisotopic (exact) mass is 417 g/mol. The molecule has 7 heteroatoms. The quantitative estimate of drug-likeness (QED) is 0.510. The number of nitrogens with zero attached hydrogens (tertiary/aromatic N) is 1. The topological polar surface area (TPSA) is 72.9 Å². The van der Waals surface area contributed by atoms with E-state index < -0.39 is 10.0 Å². The lowest BCUT2D eigenvalue weighted by atomic mass is 9.98. The third-order valence-corrected chi connectivity index (χ3v) is 6.98. The lowest BCUT2D eigenvalue weighted by molar-refractivity contribution is -0.150. The van der Waals surface area contributed by atoms with Gasteiger partial charge in [0.05, 0.1) is 10.8 Å². The van der Waals surface area contributed by atoms with E-state index in [1.807, 2.05) is 38.1 Å². The molecule has 3 rings (SSSR count). The van der Waals surface area contributed by atoms with E-state index in [-0.39, 0.29) is 30.0 Å². The zero-order valence-electron chi connectivity index (χ0n) is 16.8. The van der Waals surface area contributed by atoms with Crippen molar-refractivity contribution in [3.05, 3.63) is 59.7 Å². The average molecular weight is 418 g/mol. The minimum Gasteiger partial charge on any atom is -0.490 e. The average Bonchev–Trinajstić information content (AvgIpc) is 2.73. The summed E-state index contributed by atoms with van der Waals surface area (Å²) in [4.78, 5) is 12.6. The Balaban J connectivity index is 1.43. The van der Waals surface area contributed by atoms with Crippen molar-refractivity contribution in [2.75, 3.05) is 26.3 Å². The molecule has 0 spiro atoms. The molecule has 1 fully saturated rings. The molecule has 0 N–H and O–H groups in total. The number of benzene rings is 2. The second-order valence-corrected chi connectivity index (χ2v) is 9.26. The van der Waals surface area contributed by atoms with Gasteiger partial charge in [0.15, 0.2) is 0 Å². The third kappa shape index (κ3) is 5.58. The molecule has 0 bridgehead atoms. The zero-order valence-corrected chi connectivity index (χ0v) is 17.7. The Bertz CT molecular complexity index is 915. The smallest absolute Gasteiger partial charge is 0.309 e. The van der Waals surface area contributed by atoms with Gasteiger partial charge in [-0.05, 0) is 51.0 Å². The number of hydrogen-bond donors (Lipinski definition) is 0. The van der Waals surface area contributed by atoms with Gasteiger partial charge in [-0.3, -0.25) is 4.79 Å². The highest BCUT2D eigenvalue weighted by Crippen LogP contribution is 2.25. The van der Waals surface area contributed by atoms with Crippen LogP contribution in [0.4, 0.5) is 0 Å². The van der Waals surface area contributed by atoms with Crippen molar-refractivity contribution < 1.29 is 22.7 Å². The fraction of sp³-hybridized carbons (Fsp3) is 0.409. The molecule has 6 nitrogen and oxygen atoms in total. The second kappa shape index (κ2) is 9.41. The van der Waals surface area contributed by atoms with Gasteiger partial charge in [-0.2, -0.15) is 4.31 Å². The summed E-state index contributed by atoms with van der Waals surface area (Å²) in [6.45, 7) is 5.01. The molecule has 1 saturated heterocycles. The van der Waals surface area contributed by atoms with E-state index in [2.05, 4.69) is 0 Å². The number of ether oxygens (including phenoxy) is 2. The number of aryl methyl sites for hydroxylation is 2. The normalized spacial score (nSPS) is 15.8. The molecule has 0 amide bonds. The Morgan fingerprint density at radius 1 is 0.931 bits per heavy atom. The third-order valence-electron chi connectivity index (χ3n) is 5.06. The van der Waals surface area contributed by atoms with Crippen LogP contribution in [0.15, 0.2) is 53.4 Å². The van der Waals surface area contributed by atoms with Gasteiger partial charge in [-0.25, -0.2) is 8.42 Å². The van der Waals surface area contributed by atoms with Gasteiger partial charge in [0.2, 0.25) is 10.0 Å². The highest BCUT2D eigenvalue weighted by molar-refractivity contribution is 7.89. The van der Waals surface area contributed by atoms with Crippen LogP contribution >= 0.6 is 0 Å².